The molecule has 31 heavy (non-hydrogen) atoms. The first-order valence-electron chi connectivity index (χ1n) is 11.1. The Morgan fingerprint density at radius 2 is 1.26 bits per heavy atom. The van der Waals surface area contributed by atoms with E-state index in [1.54, 1.807) is 12.1 Å². The lowest BCUT2D eigenvalue weighted by atomic mass is 10.2. The van der Waals surface area contributed by atoms with Gasteiger partial charge in [-0.25, -0.2) is 0 Å². The van der Waals surface area contributed by atoms with Gasteiger partial charge in [0.25, 0.3) is 0 Å². The highest BCUT2D eigenvalue weighted by Crippen LogP contribution is 2.03. The van der Waals surface area contributed by atoms with E-state index in [2.05, 4.69) is 71.5 Å². The average molecular weight is 489 g/mol. The molecule has 1 rings (SSSR count). The van der Waals surface area contributed by atoms with E-state index >= 15 is 0 Å². The van der Waals surface area contributed by atoms with Crippen LogP contribution in [0.5, 0.6) is 0 Å². The van der Waals surface area contributed by atoms with Gasteiger partial charge in [-0.05, 0) is 60.9 Å². The molecule has 0 fully saturated rings. The molecule has 0 amide bonds. The van der Waals surface area contributed by atoms with Crippen LogP contribution in [0.3, 0.4) is 0 Å². The second-order valence-corrected chi connectivity index (χ2v) is 7.73. The maximum Gasteiger partial charge on any atom is 0.303 e. The van der Waals surface area contributed by atoms with Crippen LogP contribution >= 0.6 is 15.9 Å². The smallest absolute Gasteiger partial charge is 0.303 e. The van der Waals surface area contributed by atoms with Crippen LogP contribution in [0.15, 0.2) is 78.9 Å². The summed E-state index contributed by atoms with van der Waals surface area (Å²) in [7, 11) is 0. The number of allylic oxidation sites excluding steroid dienone is 8. The van der Waals surface area contributed by atoms with Gasteiger partial charge in [0.15, 0.2) is 0 Å². The highest BCUT2D eigenvalue weighted by Gasteiger charge is 1.95. The number of hydrogen-bond acceptors (Lipinski definition) is 2. The molecule has 0 aliphatic carbocycles. The van der Waals surface area contributed by atoms with Gasteiger partial charge in [-0.3, -0.25) is 9.59 Å². The first-order chi connectivity index (χ1) is 15.1. The minimum absolute atomic E-state index is 0.0666. The normalized spacial score (nSPS) is 11.4. The van der Waals surface area contributed by atoms with Crippen molar-refractivity contribution in [1.29, 1.82) is 0 Å². The van der Waals surface area contributed by atoms with E-state index in [1.165, 1.54) is 25.7 Å². The van der Waals surface area contributed by atoms with E-state index < -0.39 is 5.97 Å². The van der Waals surface area contributed by atoms with Crippen molar-refractivity contribution in [2.45, 2.75) is 71.1 Å². The highest BCUT2D eigenvalue weighted by molar-refractivity contribution is 9.18. The number of carbonyl (C=O) groups is 2. The molecule has 1 aromatic rings. The fraction of sp³-hybridized carbons (Fsp3) is 0.407. The molecular weight excluding hydrogens is 452 g/mol. The number of carboxylic acid groups (broad SMARTS) is 1. The summed E-state index contributed by atoms with van der Waals surface area (Å²) in [5.74, 6) is -0.712. The molecule has 0 aliphatic heterocycles. The van der Waals surface area contributed by atoms with Crippen molar-refractivity contribution < 1.29 is 14.7 Å². The Kier molecular flexibility index (Phi) is 20.9. The van der Waals surface area contributed by atoms with Gasteiger partial charge in [-0.1, -0.05) is 98.7 Å². The zero-order chi connectivity index (χ0) is 23.0. The number of rotatable bonds is 15. The number of hydrogen-bond donors (Lipinski definition) is 1. The molecule has 0 unspecified atom stereocenters. The zero-order valence-electron chi connectivity index (χ0n) is 18.7. The third kappa shape index (κ3) is 22.3. The van der Waals surface area contributed by atoms with Gasteiger partial charge in [0.2, 0.25) is 4.69 Å². The maximum absolute atomic E-state index is 10.6. The summed E-state index contributed by atoms with van der Waals surface area (Å²) in [4.78, 5) is 20.9. The molecule has 0 aliphatic rings. The number of unbranched alkanes of at least 4 members (excludes halogenated alkanes) is 4. The van der Waals surface area contributed by atoms with Crippen LogP contribution in [0.2, 0.25) is 0 Å². The van der Waals surface area contributed by atoms with Crippen LogP contribution in [0.1, 0.15) is 81.5 Å². The highest BCUT2D eigenvalue weighted by atomic mass is 79.9. The SMILES string of the molecule is CCCCCC=CCC=CCC=CCC=CCCCC(=O)O.O=C(Br)c1ccccc1. The summed E-state index contributed by atoms with van der Waals surface area (Å²) in [5, 5.41) is 8.49. The topological polar surface area (TPSA) is 54.4 Å². The molecule has 0 radical (unpaired) electrons. The summed E-state index contributed by atoms with van der Waals surface area (Å²) in [6.07, 6.45) is 27.3. The molecule has 0 saturated heterocycles. The second-order valence-electron chi connectivity index (χ2n) is 7.01. The van der Waals surface area contributed by atoms with Gasteiger partial charge in [0.05, 0.1) is 0 Å². The van der Waals surface area contributed by atoms with Crippen LogP contribution in [0.4, 0.5) is 0 Å². The van der Waals surface area contributed by atoms with Crippen molar-refractivity contribution in [1.82, 2.24) is 0 Å². The van der Waals surface area contributed by atoms with Crippen molar-refractivity contribution >= 4 is 26.6 Å². The van der Waals surface area contributed by atoms with Gasteiger partial charge in [-0.15, -0.1) is 0 Å². The van der Waals surface area contributed by atoms with Crippen molar-refractivity contribution in [3.05, 3.63) is 84.5 Å². The van der Waals surface area contributed by atoms with Gasteiger partial charge >= 0.3 is 5.97 Å². The molecule has 1 N–H and O–H groups in total. The van der Waals surface area contributed by atoms with Crippen LogP contribution in [0, 0.1) is 0 Å². The molecule has 0 heterocycles. The fourth-order valence-corrected chi connectivity index (χ4v) is 2.77. The molecule has 170 valence electrons. The van der Waals surface area contributed by atoms with E-state index in [1.807, 2.05) is 18.2 Å². The average Bonchev–Trinajstić information content (AvgIpc) is 2.76. The van der Waals surface area contributed by atoms with Crippen molar-refractivity contribution in [3.63, 3.8) is 0 Å². The van der Waals surface area contributed by atoms with E-state index in [4.69, 9.17) is 5.11 Å². The van der Waals surface area contributed by atoms with E-state index in [9.17, 15) is 9.59 Å². The number of halogens is 1. The Balaban J connectivity index is 0.000000823. The molecule has 1 aromatic carbocycles. The molecule has 0 bridgehead atoms. The predicted octanol–water partition coefficient (Wildman–Crippen LogP) is 8.44. The number of aliphatic carboxylic acids is 1. The first kappa shape index (κ1) is 28.8. The lowest BCUT2D eigenvalue weighted by Gasteiger charge is -1.90. The van der Waals surface area contributed by atoms with Gasteiger partial charge in [-0.2, -0.15) is 0 Å². The van der Waals surface area contributed by atoms with Crippen LogP contribution in [-0.4, -0.2) is 15.8 Å². The van der Waals surface area contributed by atoms with Crippen LogP contribution in [-0.2, 0) is 4.79 Å². The lowest BCUT2D eigenvalue weighted by molar-refractivity contribution is -0.137. The van der Waals surface area contributed by atoms with Gasteiger partial charge in [0, 0.05) is 12.0 Å². The Morgan fingerprint density at radius 1 is 0.774 bits per heavy atom. The standard InChI is InChI=1S/C20H32O2.C7H5BrO/c1-2-3-4-5-6-7-8-9-10-11-12-13-14-15-16-17-18-19-20(21)22;8-7(9)6-4-2-1-3-5-6/h6-7,9-10,12-13,15-16H,2-5,8,11,14,17-19H2,1H3,(H,21,22);1-5H. The predicted molar refractivity (Wildman–Crippen MR) is 136 cm³/mol. The van der Waals surface area contributed by atoms with Crippen LogP contribution < -0.4 is 0 Å². The van der Waals surface area contributed by atoms with E-state index in [0.717, 1.165) is 32.1 Å². The summed E-state index contributed by atoms with van der Waals surface area (Å²) in [6, 6.07) is 9.05. The summed E-state index contributed by atoms with van der Waals surface area (Å²) < 4.78 is -0.0666. The minimum Gasteiger partial charge on any atom is -0.481 e. The Bertz CT molecular complexity index is 688. The number of carbonyl (C=O) groups excluding carboxylic acids is 1. The Labute approximate surface area is 196 Å². The zero-order valence-corrected chi connectivity index (χ0v) is 20.3. The fourth-order valence-electron chi connectivity index (χ4n) is 2.50. The molecule has 3 nitrogen and oxygen atoms in total. The largest absolute Gasteiger partial charge is 0.481 e. The second kappa shape index (κ2) is 22.5. The minimum atomic E-state index is -0.712. The molecule has 0 aromatic heterocycles. The third-order valence-corrected chi connectivity index (χ3v) is 4.68. The van der Waals surface area contributed by atoms with Gasteiger partial charge < -0.3 is 5.11 Å². The van der Waals surface area contributed by atoms with Crippen LogP contribution in [0.25, 0.3) is 0 Å². The summed E-state index contributed by atoms with van der Waals surface area (Å²) >= 11 is 2.84. The quantitative estimate of drug-likeness (QED) is 0.153. The van der Waals surface area contributed by atoms with Gasteiger partial charge in [0.1, 0.15) is 0 Å². The molecule has 0 spiro atoms. The molecular formula is C27H37BrO3. The third-order valence-electron chi connectivity index (χ3n) is 4.22. The van der Waals surface area contributed by atoms with E-state index in [0.29, 0.717) is 5.56 Å². The molecule has 0 atom stereocenters. The Morgan fingerprint density at radius 3 is 1.68 bits per heavy atom. The van der Waals surface area contributed by atoms with E-state index in [-0.39, 0.29) is 11.1 Å². The summed E-state index contributed by atoms with van der Waals surface area (Å²) in [6.45, 7) is 2.23. The summed E-state index contributed by atoms with van der Waals surface area (Å²) in [5.41, 5.74) is 0.692. The first-order valence-corrected chi connectivity index (χ1v) is 11.9. The Hall–Kier alpha value is -2.20. The van der Waals surface area contributed by atoms with Crippen molar-refractivity contribution in [2.75, 3.05) is 0 Å². The number of benzene rings is 1. The van der Waals surface area contributed by atoms with Crippen molar-refractivity contribution in [2.24, 2.45) is 0 Å². The monoisotopic (exact) mass is 488 g/mol. The molecule has 0 saturated carbocycles. The lowest BCUT2D eigenvalue weighted by Crippen LogP contribution is -1.92. The maximum atomic E-state index is 10.6. The molecule has 4 heteroatoms. The number of carboxylic acids is 1. The van der Waals surface area contributed by atoms with Crippen molar-refractivity contribution in [3.8, 4) is 0 Å².